The molecule has 116 valence electrons. The van der Waals surface area contributed by atoms with Crippen LogP contribution in [-0.2, 0) is 0 Å². The van der Waals surface area contributed by atoms with Gasteiger partial charge in [0.25, 0.3) is 0 Å². The SMILES string of the molecule is O=C(CCN1CCC(C(F)(F)F)CC1)c1ccc(Br)cc1. The van der Waals surface area contributed by atoms with E-state index < -0.39 is 12.1 Å². The Labute approximate surface area is 130 Å². The lowest BCUT2D eigenvalue weighted by atomic mass is 9.96. The van der Waals surface area contributed by atoms with Crippen LogP contribution < -0.4 is 0 Å². The molecule has 0 radical (unpaired) electrons. The quantitative estimate of drug-likeness (QED) is 0.743. The Morgan fingerprint density at radius 1 is 1.19 bits per heavy atom. The maximum atomic E-state index is 12.6. The van der Waals surface area contributed by atoms with Crippen molar-refractivity contribution >= 4 is 21.7 Å². The molecule has 0 unspecified atom stereocenters. The number of piperidine rings is 1. The zero-order chi connectivity index (χ0) is 15.5. The first-order valence-electron chi connectivity index (χ1n) is 6.94. The van der Waals surface area contributed by atoms with Crippen LogP contribution in [0.4, 0.5) is 13.2 Å². The highest BCUT2D eigenvalue weighted by molar-refractivity contribution is 9.10. The van der Waals surface area contributed by atoms with Gasteiger partial charge in [0.05, 0.1) is 5.92 Å². The van der Waals surface area contributed by atoms with Crippen LogP contribution in [-0.4, -0.2) is 36.5 Å². The molecule has 0 atom stereocenters. The van der Waals surface area contributed by atoms with Crippen LogP contribution in [0.1, 0.15) is 29.6 Å². The van der Waals surface area contributed by atoms with Crippen molar-refractivity contribution in [1.82, 2.24) is 4.90 Å². The summed E-state index contributed by atoms with van der Waals surface area (Å²) >= 11 is 3.31. The van der Waals surface area contributed by atoms with Gasteiger partial charge in [-0.25, -0.2) is 0 Å². The van der Waals surface area contributed by atoms with E-state index in [0.29, 0.717) is 31.6 Å². The van der Waals surface area contributed by atoms with Crippen molar-refractivity contribution in [3.8, 4) is 0 Å². The second kappa shape index (κ2) is 6.92. The van der Waals surface area contributed by atoms with Crippen LogP contribution in [0.15, 0.2) is 28.7 Å². The molecule has 2 rings (SSSR count). The number of likely N-dealkylation sites (tertiary alicyclic amines) is 1. The second-order valence-corrected chi connectivity index (χ2v) is 6.25. The Morgan fingerprint density at radius 2 is 1.76 bits per heavy atom. The third-order valence-electron chi connectivity index (χ3n) is 3.87. The molecule has 0 bridgehead atoms. The van der Waals surface area contributed by atoms with E-state index in [1.165, 1.54) is 0 Å². The largest absolute Gasteiger partial charge is 0.391 e. The summed E-state index contributed by atoms with van der Waals surface area (Å²) in [5.74, 6) is -1.16. The Balaban J connectivity index is 1.77. The number of rotatable bonds is 4. The van der Waals surface area contributed by atoms with Gasteiger partial charge in [-0.1, -0.05) is 28.1 Å². The van der Waals surface area contributed by atoms with Gasteiger partial charge in [-0.3, -0.25) is 4.79 Å². The first-order valence-corrected chi connectivity index (χ1v) is 7.73. The number of halogens is 4. The van der Waals surface area contributed by atoms with Crippen molar-refractivity contribution in [3.05, 3.63) is 34.3 Å². The molecule has 0 aromatic heterocycles. The first kappa shape index (κ1) is 16.5. The van der Waals surface area contributed by atoms with Gasteiger partial charge in [-0.05, 0) is 38.1 Å². The molecule has 0 spiro atoms. The molecule has 0 aliphatic carbocycles. The van der Waals surface area contributed by atoms with Crippen molar-refractivity contribution < 1.29 is 18.0 Å². The summed E-state index contributed by atoms with van der Waals surface area (Å²) in [4.78, 5) is 13.9. The molecule has 0 N–H and O–H groups in total. The smallest absolute Gasteiger partial charge is 0.303 e. The number of carbonyl (C=O) groups excluding carboxylic acids is 1. The van der Waals surface area contributed by atoms with Crippen LogP contribution in [0.25, 0.3) is 0 Å². The van der Waals surface area contributed by atoms with Crippen molar-refractivity contribution in [2.45, 2.75) is 25.4 Å². The minimum atomic E-state index is -4.08. The van der Waals surface area contributed by atoms with Crippen LogP contribution in [0.2, 0.25) is 0 Å². The summed E-state index contributed by atoms with van der Waals surface area (Å²) in [7, 11) is 0. The molecular formula is C15H17BrF3NO. The number of nitrogens with zero attached hydrogens (tertiary/aromatic N) is 1. The fraction of sp³-hybridized carbons (Fsp3) is 0.533. The molecule has 0 saturated carbocycles. The average molecular weight is 364 g/mol. The third kappa shape index (κ3) is 4.81. The maximum Gasteiger partial charge on any atom is 0.391 e. The fourth-order valence-electron chi connectivity index (χ4n) is 2.52. The van der Waals surface area contributed by atoms with E-state index in [9.17, 15) is 18.0 Å². The number of benzene rings is 1. The minimum Gasteiger partial charge on any atom is -0.303 e. The predicted molar refractivity (Wildman–Crippen MR) is 78.3 cm³/mol. The topological polar surface area (TPSA) is 20.3 Å². The molecule has 1 aliphatic rings. The van der Waals surface area contributed by atoms with Crippen LogP contribution in [0.5, 0.6) is 0 Å². The molecule has 21 heavy (non-hydrogen) atoms. The number of hydrogen-bond acceptors (Lipinski definition) is 2. The van der Waals surface area contributed by atoms with Gasteiger partial charge in [0, 0.05) is 23.0 Å². The third-order valence-corrected chi connectivity index (χ3v) is 4.40. The normalized spacial score (nSPS) is 17.9. The van der Waals surface area contributed by atoms with Gasteiger partial charge in [0.2, 0.25) is 0 Å². The minimum absolute atomic E-state index is 0.0282. The number of hydrogen-bond donors (Lipinski definition) is 0. The number of ketones is 1. The van der Waals surface area contributed by atoms with Crippen molar-refractivity contribution in [3.63, 3.8) is 0 Å². The summed E-state index contributed by atoms with van der Waals surface area (Å²) in [6.45, 7) is 1.36. The van der Waals surface area contributed by atoms with Crippen molar-refractivity contribution in [2.75, 3.05) is 19.6 Å². The van der Waals surface area contributed by atoms with Crippen molar-refractivity contribution in [1.29, 1.82) is 0 Å². The highest BCUT2D eigenvalue weighted by Crippen LogP contribution is 2.34. The lowest BCUT2D eigenvalue weighted by Crippen LogP contribution is -2.39. The predicted octanol–water partition coefficient (Wildman–Crippen LogP) is 4.30. The van der Waals surface area contributed by atoms with Gasteiger partial charge in [-0.2, -0.15) is 13.2 Å². The molecule has 1 heterocycles. The summed E-state index contributed by atoms with van der Waals surface area (Å²) in [6.07, 6.45) is -3.47. The van der Waals surface area contributed by atoms with Crippen LogP contribution in [0.3, 0.4) is 0 Å². The zero-order valence-electron chi connectivity index (χ0n) is 11.5. The van der Waals surface area contributed by atoms with E-state index in [1.54, 1.807) is 12.1 Å². The molecule has 1 aromatic carbocycles. The maximum absolute atomic E-state index is 12.6. The molecule has 1 saturated heterocycles. The number of Topliss-reactive ketones (excluding diaryl/α,β-unsaturated/α-hetero) is 1. The van der Waals surface area contributed by atoms with E-state index in [4.69, 9.17) is 0 Å². The second-order valence-electron chi connectivity index (χ2n) is 5.34. The number of alkyl halides is 3. The summed E-state index contributed by atoms with van der Waals surface area (Å²) in [6, 6.07) is 7.12. The monoisotopic (exact) mass is 363 g/mol. The average Bonchev–Trinajstić information content (AvgIpc) is 2.45. The molecule has 2 nitrogen and oxygen atoms in total. The van der Waals surface area contributed by atoms with Gasteiger partial charge >= 0.3 is 6.18 Å². The highest BCUT2D eigenvalue weighted by atomic mass is 79.9. The fourth-order valence-corrected chi connectivity index (χ4v) is 2.79. The molecule has 1 aromatic rings. The van der Waals surface area contributed by atoms with Crippen LogP contribution in [0, 0.1) is 5.92 Å². The molecule has 6 heteroatoms. The number of carbonyl (C=O) groups is 1. The van der Waals surface area contributed by atoms with E-state index in [1.807, 2.05) is 17.0 Å². The standard InChI is InChI=1S/C15H17BrF3NO/c16-13-3-1-11(2-4-13)14(21)7-10-20-8-5-12(6-9-20)15(17,18)19/h1-4,12H,5-10H2. The molecule has 0 amide bonds. The van der Waals surface area contributed by atoms with E-state index >= 15 is 0 Å². The van der Waals surface area contributed by atoms with E-state index in [0.717, 1.165) is 4.47 Å². The summed E-state index contributed by atoms with van der Waals surface area (Å²) in [5.41, 5.74) is 0.642. The molecule has 1 fully saturated rings. The van der Waals surface area contributed by atoms with Gasteiger partial charge < -0.3 is 4.90 Å². The van der Waals surface area contributed by atoms with Crippen molar-refractivity contribution in [2.24, 2.45) is 5.92 Å². The lowest BCUT2D eigenvalue weighted by molar-refractivity contribution is -0.185. The van der Waals surface area contributed by atoms with Gasteiger partial charge in [0.1, 0.15) is 0 Å². The van der Waals surface area contributed by atoms with Crippen LogP contribution >= 0.6 is 15.9 Å². The van der Waals surface area contributed by atoms with E-state index in [2.05, 4.69) is 15.9 Å². The Kier molecular flexibility index (Phi) is 5.43. The molecular weight excluding hydrogens is 347 g/mol. The first-order chi connectivity index (χ1) is 9.86. The summed E-state index contributed by atoms with van der Waals surface area (Å²) in [5, 5.41) is 0. The Morgan fingerprint density at radius 3 is 2.29 bits per heavy atom. The van der Waals surface area contributed by atoms with Gasteiger partial charge in [0.15, 0.2) is 5.78 Å². The highest BCUT2D eigenvalue weighted by Gasteiger charge is 2.40. The van der Waals surface area contributed by atoms with Gasteiger partial charge in [-0.15, -0.1) is 0 Å². The lowest BCUT2D eigenvalue weighted by Gasteiger charge is -2.32. The molecule has 1 aliphatic heterocycles. The zero-order valence-corrected chi connectivity index (χ0v) is 13.1. The summed E-state index contributed by atoms with van der Waals surface area (Å²) < 4.78 is 38.6. The Hall–Kier alpha value is -0.880. The Bertz CT molecular complexity index is 479. The van der Waals surface area contributed by atoms with E-state index in [-0.39, 0.29) is 18.6 Å².